The second kappa shape index (κ2) is 5.58. The molecule has 1 N–H and O–H groups in total. The van der Waals surface area contributed by atoms with Crippen LogP contribution in [0.1, 0.15) is 51.9 Å². The van der Waals surface area contributed by atoms with Crippen LogP contribution in [0.15, 0.2) is 0 Å². The molecule has 2 atom stereocenters. The smallest absolute Gasteiger partial charge is 0.0402 e. The van der Waals surface area contributed by atoms with Gasteiger partial charge in [0.05, 0.1) is 0 Å². The van der Waals surface area contributed by atoms with Gasteiger partial charge in [-0.25, -0.2) is 0 Å². The fraction of sp³-hybridized carbons (Fsp3) is 1.00. The van der Waals surface area contributed by atoms with Gasteiger partial charge in [0.2, 0.25) is 0 Å². The van der Waals surface area contributed by atoms with Crippen molar-refractivity contribution in [3.8, 4) is 0 Å². The molecule has 0 saturated heterocycles. The van der Waals surface area contributed by atoms with Gasteiger partial charge in [0.15, 0.2) is 0 Å². The molecular formula is C11H22O. The SMILES string of the molecule is C1CCC2CCCC2C1.CCO. The first-order valence-corrected chi connectivity index (χ1v) is 5.49. The molecule has 0 radical (unpaired) electrons. The molecule has 0 aliphatic heterocycles. The van der Waals surface area contributed by atoms with Crippen molar-refractivity contribution >= 4 is 0 Å². The first kappa shape index (κ1) is 10.0. The van der Waals surface area contributed by atoms with Crippen molar-refractivity contribution in [2.24, 2.45) is 11.8 Å². The van der Waals surface area contributed by atoms with E-state index in [1.807, 2.05) is 0 Å². The molecule has 2 aliphatic carbocycles. The Balaban J connectivity index is 0.000000213. The van der Waals surface area contributed by atoms with Gasteiger partial charge in [-0.3, -0.25) is 0 Å². The molecule has 2 unspecified atom stereocenters. The minimum atomic E-state index is 0.250. The maximum absolute atomic E-state index is 7.57. The number of hydrogen-bond donors (Lipinski definition) is 1. The zero-order valence-electron chi connectivity index (χ0n) is 8.26. The van der Waals surface area contributed by atoms with Crippen LogP contribution in [-0.2, 0) is 0 Å². The number of hydrogen-bond acceptors (Lipinski definition) is 1. The number of rotatable bonds is 0. The lowest BCUT2D eigenvalue weighted by atomic mass is 9.82. The van der Waals surface area contributed by atoms with Gasteiger partial charge in [0, 0.05) is 6.61 Å². The minimum absolute atomic E-state index is 0.250. The summed E-state index contributed by atoms with van der Waals surface area (Å²) in [6.07, 6.45) is 10.8. The molecule has 1 nitrogen and oxygen atoms in total. The highest BCUT2D eigenvalue weighted by Gasteiger charge is 2.28. The highest BCUT2D eigenvalue weighted by Crippen LogP contribution is 2.41. The molecule has 0 aromatic heterocycles. The van der Waals surface area contributed by atoms with Crippen LogP contribution >= 0.6 is 0 Å². The summed E-state index contributed by atoms with van der Waals surface area (Å²) in [6.45, 7) is 1.93. The van der Waals surface area contributed by atoms with E-state index in [1.54, 1.807) is 32.6 Å². The van der Waals surface area contributed by atoms with E-state index in [9.17, 15) is 0 Å². The van der Waals surface area contributed by atoms with Crippen molar-refractivity contribution in [2.45, 2.75) is 51.9 Å². The summed E-state index contributed by atoms with van der Waals surface area (Å²) < 4.78 is 0. The van der Waals surface area contributed by atoms with Gasteiger partial charge in [0.1, 0.15) is 0 Å². The van der Waals surface area contributed by atoms with E-state index in [-0.39, 0.29) is 6.61 Å². The summed E-state index contributed by atoms with van der Waals surface area (Å²) in [7, 11) is 0. The number of aliphatic hydroxyl groups excluding tert-OH is 1. The summed E-state index contributed by atoms with van der Waals surface area (Å²) in [6, 6.07) is 0. The minimum Gasteiger partial charge on any atom is -0.397 e. The highest BCUT2D eigenvalue weighted by molar-refractivity contribution is 4.80. The van der Waals surface area contributed by atoms with Crippen LogP contribution < -0.4 is 0 Å². The number of fused-ring (bicyclic) bond motifs is 1. The second-order valence-corrected chi connectivity index (χ2v) is 4.05. The molecule has 0 amide bonds. The summed E-state index contributed by atoms with van der Waals surface area (Å²) in [4.78, 5) is 0. The van der Waals surface area contributed by atoms with E-state index in [0.717, 1.165) is 0 Å². The van der Waals surface area contributed by atoms with Crippen LogP contribution in [0.25, 0.3) is 0 Å². The molecular weight excluding hydrogens is 148 g/mol. The van der Waals surface area contributed by atoms with Gasteiger partial charge >= 0.3 is 0 Å². The largest absolute Gasteiger partial charge is 0.397 e. The first-order valence-electron chi connectivity index (χ1n) is 5.49. The summed E-state index contributed by atoms with van der Waals surface area (Å²) >= 11 is 0. The molecule has 0 aromatic rings. The van der Waals surface area contributed by atoms with Crippen molar-refractivity contribution in [1.29, 1.82) is 0 Å². The van der Waals surface area contributed by atoms with Crippen LogP contribution in [0.4, 0.5) is 0 Å². The Labute approximate surface area is 76.2 Å². The van der Waals surface area contributed by atoms with E-state index in [2.05, 4.69) is 0 Å². The summed E-state index contributed by atoms with van der Waals surface area (Å²) in [5, 5.41) is 7.57. The average Bonchev–Trinajstić information content (AvgIpc) is 2.52. The van der Waals surface area contributed by atoms with Crippen molar-refractivity contribution in [3.05, 3.63) is 0 Å². The Morgan fingerprint density at radius 1 is 0.917 bits per heavy atom. The normalized spacial score (nSPS) is 33.5. The standard InChI is InChI=1S/C9H16.C2H6O/c1-2-5-9-7-3-6-8(9)4-1;1-2-3/h8-9H,1-7H2;3H,2H2,1H3. The molecule has 12 heavy (non-hydrogen) atoms. The lowest BCUT2D eigenvalue weighted by Gasteiger charge is -2.24. The Hall–Kier alpha value is -0.0400. The van der Waals surface area contributed by atoms with Gasteiger partial charge < -0.3 is 5.11 Å². The average molecular weight is 170 g/mol. The maximum atomic E-state index is 7.57. The quantitative estimate of drug-likeness (QED) is 0.592. The van der Waals surface area contributed by atoms with Gasteiger partial charge in [-0.15, -0.1) is 0 Å². The fourth-order valence-electron chi connectivity index (χ4n) is 2.69. The van der Waals surface area contributed by atoms with Crippen LogP contribution in [0, 0.1) is 11.8 Å². The third-order valence-electron chi connectivity index (χ3n) is 3.22. The van der Waals surface area contributed by atoms with Crippen molar-refractivity contribution in [1.82, 2.24) is 0 Å². The van der Waals surface area contributed by atoms with Crippen molar-refractivity contribution < 1.29 is 5.11 Å². The van der Waals surface area contributed by atoms with E-state index >= 15 is 0 Å². The molecule has 1 heteroatoms. The van der Waals surface area contributed by atoms with Crippen LogP contribution in [0.3, 0.4) is 0 Å². The fourth-order valence-corrected chi connectivity index (χ4v) is 2.69. The monoisotopic (exact) mass is 170 g/mol. The Morgan fingerprint density at radius 3 is 1.67 bits per heavy atom. The zero-order chi connectivity index (χ0) is 8.81. The van der Waals surface area contributed by atoms with Crippen LogP contribution in [-0.4, -0.2) is 11.7 Å². The lowest BCUT2D eigenvalue weighted by molar-refractivity contribution is 0.277. The van der Waals surface area contributed by atoms with Gasteiger partial charge in [-0.1, -0.05) is 44.9 Å². The van der Waals surface area contributed by atoms with Crippen molar-refractivity contribution in [2.75, 3.05) is 6.61 Å². The Bertz CT molecular complexity index is 99.6. The Kier molecular flexibility index (Phi) is 4.67. The molecule has 0 heterocycles. The van der Waals surface area contributed by atoms with E-state index in [4.69, 9.17) is 5.11 Å². The van der Waals surface area contributed by atoms with Gasteiger partial charge in [-0.05, 0) is 18.8 Å². The third-order valence-corrected chi connectivity index (χ3v) is 3.22. The molecule has 0 aromatic carbocycles. The van der Waals surface area contributed by atoms with Gasteiger partial charge in [-0.2, -0.15) is 0 Å². The molecule has 72 valence electrons. The first-order chi connectivity index (χ1) is 5.88. The number of aliphatic hydroxyl groups is 1. The third kappa shape index (κ3) is 2.78. The topological polar surface area (TPSA) is 20.2 Å². The van der Waals surface area contributed by atoms with E-state index in [1.165, 1.54) is 31.1 Å². The maximum Gasteiger partial charge on any atom is 0.0402 e. The molecule has 2 aliphatic rings. The predicted octanol–water partition coefficient (Wildman–Crippen LogP) is 2.98. The Morgan fingerprint density at radius 2 is 1.25 bits per heavy atom. The predicted molar refractivity (Wildman–Crippen MR) is 52.1 cm³/mol. The molecule has 0 spiro atoms. The molecule has 0 bridgehead atoms. The molecule has 2 rings (SSSR count). The van der Waals surface area contributed by atoms with E-state index in [0.29, 0.717) is 0 Å². The lowest BCUT2D eigenvalue weighted by Crippen LogP contribution is -2.12. The zero-order valence-corrected chi connectivity index (χ0v) is 8.26. The highest BCUT2D eigenvalue weighted by atomic mass is 16.2. The summed E-state index contributed by atoms with van der Waals surface area (Å²) in [5.74, 6) is 2.33. The van der Waals surface area contributed by atoms with Gasteiger partial charge in [0.25, 0.3) is 0 Å². The summed E-state index contributed by atoms with van der Waals surface area (Å²) in [5.41, 5.74) is 0. The molecule has 2 saturated carbocycles. The van der Waals surface area contributed by atoms with Crippen molar-refractivity contribution in [3.63, 3.8) is 0 Å². The van der Waals surface area contributed by atoms with Crippen LogP contribution in [0.5, 0.6) is 0 Å². The van der Waals surface area contributed by atoms with E-state index < -0.39 is 0 Å². The van der Waals surface area contributed by atoms with Crippen LogP contribution in [0.2, 0.25) is 0 Å². The molecule has 2 fully saturated rings. The second-order valence-electron chi connectivity index (χ2n) is 4.05.